The first-order chi connectivity index (χ1) is 5.82. The van der Waals surface area contributed by atoms with Gasteiger partial charge in [0.25, 0.3) is 5.91 Å². The number of aromatic amines is 1. The summed E-state index contributed by atoms with van der Waals surface area (Å²) in [5, 5.41) is 0.0128. The van der Waals surface area contributed by atoms with Crippen LogP contribution in [0.4, 0.5) is 0 Å². The Labute approximate surface area is 75.9 Å². The topological polar surface area (TPSA) is 93.0 Å². The van der Waals surface area contributed by atoms with E-state index in [1.807, 2.05) is 0 Å². The first-order valence-electron chi connectivity index (χ1n) is 3.52. The van der Waals surface area contributed by atoms with Gasteiger partial charge in [-0.1, -0.05) is 0 Å². The molecule has 0 aliphatic carbocycles. The van der Waals surface area contributed by atoms with E-state index in [4.69, 9.17) is 5.73 Å². The molecule has 1 amide bonds. The van der Waals surface area contributed by atoms with Crippen molar-refractivity contribution in [2.45, 2.75) is 11.9 Å². The van der Waals surface area contributed by atoms with E-state index in [9.17, 15) is 13.2 Å². The second kappa shape index (κ2) is 2.88. The lowest BCUT2D eigenvalue weighted by Gasteiger charge is -1.91. The average Bonchev–Trinajstić information content (AvgIpc) is 2.29. The van der Waals surface area contributed by atoms with Crippen LogP contribution in [0.2, 0.25) is 0 Å². The van der Waals surface area contributed by atoms with Crippen molar-refractivity contribution in [2.75, 3.05) is 6.26 Å². The van der Waals surface area contributed by atoms with E-state index in [0.29, 0.717) is 5.56 Å². The second-order valence-corrected chi connectivity index (χ2v) is 4.81. The molecule has 0 spiro atoms. The predicted molar refractivity (Wildman–Crippen MR) is 47.2 cm³/mol. The first kappa shape index (κ1) is 9.79. The fourth-order valence-electron chi connectivity index (χ4n) is 0.982. The van der Waals surface area contributed by atoms with Crippen LogP contribution in [0.25, 0.3) is 0 Å². The van der Waals surface area contributed by atoms with Crippen LogP contribution >= 0.6 is 0 Å². The number of amides is 1. The van der Waals surface area contributed by atoms with Gasteiger partial charge in [-0.15, -0.1) is 0 Å². The minimum Gasteiger partial charge on any atom is -0.364 e. The molecular formula is C7H10N2O3S. The van der Waals surface area contributed by atoms with Gasteiger partial charge < -0.3 is 10.7 Å². The van der Waals surface area contributed by atoms with Crippen molar-refractivity contribution in [2.24, 2.45) is 5.73 Å². The largest absolute Gasteiger partial charge is 0.364 e. The van der Waals surface area contributed by atoms with Crippen LogP contribution in [0.15, 0.2) is 11.1 Å². The van der Waals surface area contributed by atoms with Crippen LogP contribution in [0.5, 0.6) is 0 Å². The highest BCUT2D eigenvalue weighted by Gasteiger charge is 2.15. The number of nitrogens with two attached hydrogens (primary N) is 1. The van der Waals surface area contributed by atoms with Crippen LogP contribution in [-0.2, 0) is 9.84 Å². The summed E-state index contributed by atoms with van der Waals surface area (Å²) in [4.78, 5) is 13.2. The second-order valence-electron chi connectivity index (χ2n) is 2.83. The van der Waals surface area contributed by atoms with E-state index < -0.39 is 15.7 Å². The van der Waals surface area contributed by atoms with Crippen molar-refractivity contribution in [3.63, 3.8) is 0 Å². The molecule has 72 valence electrons. The van der Waals surface area contributed by atoms with Gasteiger partial charge in [0.05, 0.1) is 0 Å². The third-order valence-electron chi connectivity index (χ3n) is 1.64. The minimum atomic E-state index is -3.30. The standard InChI is InChI=1S/C7H10N2O3S/c1-4-3-5(13(2,11)12)9-6(4)7(8)10/h3,9H,1-2H3,(H2,8,10). The number of hydrogen-bond acceptors (Lipinski definition) is 3. The van der Waals surface area contributed by atoms with Gasteiger partial charge >= 0.3 is 0 Å². The van der Waals surface area contributed by atoms with Crippen molar-refractivity contribution < 1.29 is 13.2 Å². The Morgan fingerprint density at radius 2 is 2.08 bits per heavy atom. The molecule has 0 atom stereocenters. The Morgan fingerprint density at radius 3 is 2.31 bits per heavy atom. The average molecular weight is 202 g/mol. The Hall–Kier alpha value is -1.30. The monoisotopic (exact) mass is 202 g/mol. The van der Waals surface area contributed by atoms with Gasteiger partial charge in [0.2, 0.25) is 0 Å². The zero-order valence-corrected chi connectivity index (χ0v) is 8.10. The molecule has 1 aromatic rings. The minimum absolute atomic E-state index is 0.0128. The molecule has 0 unspecified atom stereocenters. The number of carbonyl (C=O) groups excluding carboxylic acids is 1. The van der Waals surface area contributed by atoms with Gasteiger partial charge in [0, 0.05) is 6.26 Å². The van der Waals surface area contributed by atoms with Crippen molar-refractivity contribution in [1.29, 1.82) is 0 Å². The summed E-state index contributed by atoms with van der Waals surface area (Å²) in [7, 11) is -3.30. The molecule has 0 aliphatic rings. The molecular weight excluding hydrogens is 192 g/mol. The highest BCUT2D eigenvalue weighted by atomic mass is 32.2. The quantitative estimate of drug-likeness (QED) is 0.697. The lowest BCUT2D eigenvalue weighted by molar-refractivity contribution is 0.0995. The van der Waals surface area contributed by atoms with E-state index in [1.165, 1.54) is 6.07 Å². The number of hydrogen-bond donors (Lipinski definition) is 2. The maximum absolute atomic E-state index is 11.0. The molecule has 0 aromatic carbocycles. The van der Waals surface area contributed by atoms with Gasteiger partial charge in [0.1, 0.15) is 10.7 Å². The molecule has 13 heavy (non-hydrogen) atoms. The Bertz CT molecular complexity index is 444. The number of aromatic nitrogens is 1. The molecule has 1 rings (SSSR count). The van der Waals surface area contributed by atoms with E-state index >= 15 is 0 Å². The molecule has 3 N–H and O–H groups in total. The SMILES string of the molecule is Cc1cc(S(C)(=O)=O)[nH]c1C(N)=O. The van der Waals surface area contributed by atoms with Crippen LogP contribution in [0.3, 0.4) is 0 Å². The molecule has 5 nitrogen and oxygen atoms in total. The fourth-order valence-corrected chi connectivity index (χ4v) is 1.66. The number of nitrogens with one attached hydrogen (secondary N) is 1. The predicted octanol–water partition coefficient (Wildman–Crippen LogP) is -0.174. The van der Waals surface area contributed by atoms with Crippen molar-refractivity contribution in [3.8, 4) is 0 Å². The van der Waals surface area contributed by atoms with E-state index in [0.717, 1.165) is 6.26 Å². The first-order valence-corrected chi connectivity index (χ1v) is 5.41. The van der Waals surface area contributed by atoms with Gasteiger partial charge in [-0.3, -0.25) is 4.79 Å². The fraction of sp³-hybridized carbons (Fsp3) is 0.286. The maximum Gasteiger partial charge on any atom is 0.265 e. The summed E-state index contributed by atoms with van der Waals surface area (Å²) in [5.41, 5.74) is 5.68. The Morgan fingerprint density at radius 1 is 1.54 bits per heavy atom. The van der Waals surface area contributed by atoms with Crippen LogP contribution in [-0.4, -0.2) is 25.6 Å². The maximum atomic E-state index is 11.0. The molecule has 0 fully saturated rings. The molecule has 1 heterocycles. The Balaban J connectivity index is 3.33. The van der Waals surface area contributed by atoms with Gasteiger partial charge in [-0.25, -0.2) is 8.42 Å². The number of primary amides is 1. The molecule has 6 heteroatoms. The lowest BCUT2D eigenvalue weighted by Crippen LogP contribution is -2.13. The summed E-state index contributed by atoms with van der Waals surface area (Å²) >= 11 is 0. The van der Waals surface area contributed by atoms with E-state index in [1.54, 1.807) is 6.92 Å². The van der Waals surface area contributed by atoms with E-state index in [-0.39, 0.29) is 10.7 Å². The van der Waals surface area contributed by atoms with Crippen molar-refractivity contribution in [1.82, 2.24) is 4.98 Å². The third-order valence-corrected chi connectivity index (χ3v) is 2.65. The van der Waals surface area contributed by atoms with Crippen molar-refractivity contribution in [3.05, 3.63) is 17.3 Å². The smallest absolute Gasteiger partial charge is 0.265 e. The number of aryl methyl sites for hydroxylation is 1. The van der Waals surface area contributed by atoms with E-state index in [2.05, 4.69) is 4.98 Å². The number of H-pyrrole nitrogens is 1. The Kier molecular flexibility index (Phi) is 2.17. The number of rotatable bonds is 2. The summed E-state index contributed by atoms with van der Waals surface area (Å²) in [6.07, 6.45) is 1.06. The summed E-state index contributed by atoms with van der Waals surface area (Å²) in [6, 6.07) is 1.38. The summed E-state index contributed by atoms with van der Waals surface area (Å²) < 4.78 is 22.1. The van der Waals surface area contributed by atoms with Crippen molar-refractivity contribution >= 4 is 15.7 Å². The van der Waals surface area contributed by atoms with Gasteiger partial charge in [0.15, 0.2) is 9.84 Å². The molecule has 0 bridgehead atoms. The van der Waals surface area contributed by atoms with Crippen LogP contribution in [0.1, 0.15) is 16.1 Å². The summed E-state index contributed by atoms with van der Waals surface area (Å²) in [5.74, 6) is -0.660. The van der Waals surface area contributed by atoms with Gasteiger partial charge in [-0.05, 0) is 18.6 Å². The number of sulfone groups is 1. The number of carbonyl (C=O) groups is 1. The molecule has 1 aromatic heterocycles. The normalized spacial score (nSPS) is 11.5. The molecule has 0 saturated carbocycles. The van der Waals surface area contributed by atoms with Crippen LogP contribution in [0, 0.1) is 6.92 Å². The van der Waals surface area contributed by atoms with Crippen LogP contribution < -0.4 is 5.73 Å². The third kappa shape index (κ3) is 1.89. The highest BCUT2D eigenvalue weighted by Crippen LogP contribution is 2.13. The molecule has 0 aliphatic heterocycles. The molecule has 0 radical (unpaired) electrons. The zero-order chi connectivity index (χ0) is 10.2. The summed E-state index contributed by atoms with van der Waals surface area (Å²) in [6.45, 7) is 1.62. The zero-order valence-electron chi connectivity index (χ0n) is 7.29. The van der Waals surface area contributed by atoms with Gasteiger partial charge in [-0.2, -0.15) is 0 Å². The lowest BCUT2D eigenvalue weighted by atomic mass is 10.3. The highest BCUT2D eigenvalue weighted by molar-refractivity contribution is 7.90. The molecule has 0 saturated heterocycles.